The Bertz CT molecular complexity index is 2870. The number of hydrogen-bond acceptors (Lipinski definition) is 13. The maximum atomic E-state index is 15.1. The molecular formula is C53H66FN7O9S. The molecule has 16 nitrogen and oxygen atoms in total. The molecule has 1 amide bonds. The molecule has 71 heavy (non-hydrogen) atoms. The minimum absolute atomic E-state index is 0.0179. The van der Waals surface area contributed by atoms with Gasteiger partial charge in [0.2, 0.25) is 0 Å². The summed E-state index contributed by atoms with van der Waals surface area (Å²) in [4.78, 5) is 37.6. The van der Waals surface area contributed by atoms with Gasteiger partial charge in [-0.3, -0.25) is 19.8 Å². The Morgan fingerprint density at radius 3 is 2.46 bits per heavy atom. The van der Waals surface area contributed by atoms with E-state index >= 15 is 4.39 Å². The van der Waals surface area contributed by atoms with Crippen LogP contribution in [0.2, 0.25) is 0 Å². The number of aliphatic hydroxyl groups is 1. The molecule has 4 heterocycles. The number of nitro groups is 1. The molecule has 3 aromatic carbocycles. The highest BCUT2D eigenvalue weighted by atomic mass is 32.2. The van der Waals surface area contributed by atoms with Crippen molar-refractivity contribution in [2.24, 2.45) is 11.3 Å². The lowest BCUT2D eigenvalue weighted by atomic mass is 9.70. The molecule has 5 aromatic rings. The standard InChI is InChI=1S/C53H66FN7O9S/c1-33(2)38-9-6-7-10-39(38)40-11-8-12-45(40)60-31-53(32-60)21-23-59(24-22-53)36-13-15-41(47(25-36)70-48-27-42-43(54)29-56-49(42)57-51(48)69-30-34(3)68-5)50(62)58-71(66,67)37-14-16-44(46(26-37)61(64)65)55-28-35-17-19-52(4,63)20-18-35/h6-7,9-10,13-16,25-27,29,33-35,40,45,55,63H,8,11-12,17-24,28,30-32H2,1-5H3,(H,56,57)(H,58,62)/t34?,35?,40-,45-,52?/m0/s1. The zero-order valence-electron chi connectivity index (χ0n) is 41.2. The highest BCUT2D eigenvalue weighted by Gasteiger charge is 2.49. The van der Waals surface area contributed by atoms with Crippen molar-refractivity contribution in [1.82, 2.24) is 19.6 Å². The van der Waals surface area contributed by atoms with Gasteiger partial charge in [0.1, 0.15) is 29.5 Å². The number of nitrogens with zero attached hydrogens (tertiary/aromatic N) is 4. The fourth-order valence-electron chi connectivity index (χ4n) is 11.2. The van der Waals surface area contributed by atoms with Crippen molar-refractivity contribution in [3.8, 4) is 17.4 Å². The molecule has 2 aliphatic carbocycles. The lowest BCUT2D eigenvalue weighted by Gasteiger charge is -2.57. The van der Waals surface area contributed by atoms with Crippen LogP contribution in [0.15, 0.2) is 77.8 Å². The Morgan fingerprint density at radius 1 is 1.00 bits per heavy atom. The Labute approximate surface area is 414 Å². The number of carbonyl (C=O) groups excluding carboxylic acids is 1. The molecule has 2 saturated carbocycles. The molecule has 1 unspecified atom stereocenters. The number of methoxy groups -OCH3 is 1. The number of sulfonamides is 1. The monoisotopic (exact) mass is 995 g/mol. The summed E-state index contributed by atoms with van der Waals surface area (Å²) in [6, 6.07) is 19.2. The summed E-state index contributed by atoms with van der Waals surface area (Å²) >= 11 is 0. The average molecular weight is 996 g/mol. The maximum absolute atomic E-state index is 15.1. The molecule has 4 fully saturated rings. The molecule has 2 aliphatic heterocycles. The van der Waals surface area contributed by atoms with Gasteiger partial charge in [0.05, 0.1) is 32.5 Å². The van der Waals surface area contributed by atoms with Crippen LogP contribution in [0.5, 0.6) is 17.4 Å². The molecule has 0 bridgehead atoms. The number of likely N-dealkylation sites (tertiary alicyclic amines) is 1. The van der Waals surface area contributed by atoms with E-state index in [1.54, 1.807) is 26.0 Å². The number of aromatic amines is 1. The van der Waals surface area contributed by atoms with Crippen molar-refractivity contribution in [3.05, 3.63) is 106 Å². The molecule has 380 valence electrons. The molecule has 0 radical (unpaired) electrons. The molecule has 18 heteroatoms. The number of aromatic nitrogens is 2. The van der Waals surface area contributed by atoms with E-state index in [1.807, 2.05) is 0 Å². The number of amides is 1. The zero-order chi connectivity index (χ0) is 50.2. The molecule has 2 aromatic heterocycles. The molecule has 1 spiro atoms. The van der Waals surface area contributed by atoms with Gasteiger partial charge in [-0.15, -0.1) is 0 Å². The third kappa shape index (κ3) is 10.9. The quantitative estimate of drug-likeness (QED) is 0.0507. The SMILES string of the molecule is COC(C)COc1nc2[nH]cc(F)c2cc1Oc1cc(N2CCC3(CC2)CN([C@H]2CCC[C@H]2c2ccccc2C(C)C)C3)ccc1C(=O)NS(=O)(=O)c1ccc(NCC2CCC(C)(O)CC2)c([N+](=O)[O-])c1. The number of hydrogen-bond donors (Lipinski definition) is 4. The summed E-state index contributed by atoms with van der Waals surface area (Å²) in [5.41, 5.74) is 2.84. The largest absolute Gasteiger partial charge is 0.472 e. The third-order valence-electron chi connectivity index (χ3n) is 15.5. The summed E-state index contributed by atoms with van der Waals surface area (Å²) in [6.45, 7) is 12.2. The number of fused-ring (bicyclic) bond motifs is 1. The van der Waals surface area contributed by atoms with Gasteiger partial charge in [-0.05, 0) is 124 Å². The first-order valence-corrected chi connectivity index (χ1v) is 26.4. The molecule has 3 atom stereocenters. The predicted molar refractivity (Wildman–Crippen MR) is 270 cm³/mol. The number of carbonyl (C=O) groups is 1. The van der Waals surface area contributed by atoms with Crippen LogP contribution in [0.3, 0.4) is 0 Å². The first kappa shape index (κ1) is 50.1. The Kier molecular flexibility index (Phi) is 14.4. The van der Waals surface area contributed by atoms with E-state index in [9.17, 15) is 28.4 Å². The molecule has 2 saturated heterocycles. The third-order valence-corrected chi connectivity index (χ3v) is 16.9. The van der Waals surface area contributed by atoms with Gasteiger partial charge in [-0.2, -0.15) is 4.98 Å². The summed E-state index contributed by atoms with van der Waals surface area (Å²) in [5.74, 6) is -0.564. The van der Waals surface area contributed by atoms with Gasteiger partial charge in [-0.25, -0.2) is 17.5 Å². The number of benzene rings is 3. The second-order valence-electron chi connectivity index (χ2n) is 20.9. The lowest BCUT2D eigenvalue weighted by molar-refractivity contribution is -0.384. The number of ether oxygens (including phenoxy) is 3. The lowest BCUT2D eigenvalue weighted by Crippen LogP contribution is -2.63. The van der Waals surface area contributed by atoms with E-state index in [0.29, 0.717) is 37.3 Å². The summed E-state index contributed by atoms with van der Waals surface area (Å²) in [6.07, 6.45) is 9.09. The second kappa shape index (κ2) is 20.4. The van der Waals surface area contributed by atoms with E-state index in [1.165, 1.54) is 61.8 Å². The fourth-order valence-corrected chi connectivity index (χ4v) is 12.2. The van der Waals surface area contributed by atoms with E-state index in [2.05, 4.69) is 67.9 Å². The van der Waals surface area contributed by atoms with Crippen LogP contribution in [0, 0.1) is 27.3 Å². The van der Waals surface area contributed by atoms with Gasteiger partial charge in [-0.1, -0.05) is 44.5 Å². The van der Waals surface area contributed by atoms with Gasteiger partial charge < -0.3 is 34.5 Å². The van der Waals surface area contributed by atoms with Crippen molar-refractivity contribution in [1.29, 1.82) is 0 Å². The first-order chi connectivity index (χ1) is 33.9. The van der Waals surface area contributed by atoms with Crippen molar-refractivity contribution in [2.75, 3.05) is 56.7 Å². The zero-order valence-corrected chi connectivity index (χ0v) is 42.0. The maximum Gasteiger partial charge on any atom is 0.293 e. The van der Waals surface area contributed by atoms with Crippen LogP contribution in [0.25, 0.3) is 11.0 Å². The minimum atomic E-state index is -4.69. The van der Waals surface area contributed by atoms with Crippen LogP contribution < -0.4 is 24.4 Å². The van der Waals surface area contributed by atoms with E-state index in [-0.39, 0.29) is 63.7 Å². The average Bonchev–Trinajstić information content (AvgIpc) is 3.97. The Hall–Kier alpha value is -5.82. The predicted octanol–water partition coefficient (Wildman–Crippen LogP) is 9.65. The minimum Gasteiger partial charge on any atom is -0.472 e. The molecule has 4 aliphatic rings. The van der Waals surface area contributed by atoms with E-state index < -0.39 is 42.9 Å². The van der Waals surface area contributed by atoms with Gasteiger partial charge in [0.15, 0.2) is 5.75 Å². The molecular weight excluding hydrogens is 930 g/mol. The Morgan fingerprint density at radius 2 is 1.75 bits per heavy atom. The molecule has 4 N–H and O–H groups in total. The van der Waals surface area contributed by atoms with Crippen LogP contribution >= 0.6 is 0 Å². The number of halogens is 1. The van der Waals surface area contributed by atoms with Crippen molar-refractivity contribution >= 4 is 44.0 Å². The van der Waals surface area contributed by atoms with E-state index in [0.717, 1.165) is 69.8 Å². The Balaban J connectivity index is 0.951. The number of piperidine rings is 1. The van der Waals surface area contributed by atoms with Crippen molar-refractivity contribution in [2.45, 2.75) is 120 Å². The smallest absolute Gasteiger partial charge is 0.293 e. The van der Waals surface area contributed by atoms with Crippen LogP contribution in [0.4, 0.5) is 21.5 Å². The number of pyridine rings is 1. The summed E-state index contributed by atoms with van der Waals surface area (Å²) in [5, 5.41) is 25.8. The van der Waals surface area contributed by atoms with E-state index in [4.69, 9.17) is 14.2 Å². The number of nitro benzene ring substituents is 1. The summed E-state index contributed by atoms with van der Waals surface area (Å²) < 4.78 is 62.9. The van der Waals surface area contributed by atoms with Crippen LogP contribution in [-0.4, -0.2) is 103 Å². The second-order valence-corrected chi connectivity index (χ2v) is 22.6. The van der Waals surface area contributed by atoms with Crippen LogP contribution in [0.1, 0.15) is 119 Å². The highest BCUT2D eigenvalue weighted by Crippen LogP contribution is 2.49. The van der Waals surface area contributed by atoms with Gasteiger partial charge >= 0.3 is 0 Å². The number of rotatable bonds is 17. The number of H-pyrrole nitrogens is 1. The summed E-state index contributed by atoms with van der Waals surface area (Å²) in [7, 11) is -3.15. The number of nitrogens with one attached hydrogen (secondary N) is 3. The fraction of sp³-hybridized carbons (Fsp3) is 0.509. The normalized spacial score (nSPS) is 22.9. The molecule has 9 rings (SSSR count). The van der Waals surface area contributed by atoms with Crippen molar-refractivity contribution in [3.63, 3.8) is 0 Å². The number of anilines is 2. The van der Waals surface area contributed by atoms with Gasteiger partial charge in [0.25, 0.3) is 27.5 Å². The topological polar surface area (TPSA) is 201 Å². The van der Waals surface area contributed by atoms with Crippen LogP contribution in [-0.2, 0) is 14.8 Å². The highest BCUT2D eigenvalue weighted by molar-refractivity contribution is 7.90. The van der Waals surface area contributed by atoms with Crippen molar-refractivity contribution < 1.29 is 41.8 Å². The van der Waals surface area contributed by atoms with Gasteiger partial charge in [0, 0.05) is 76.0 Å². The first-order valence-electron chi connectivity index (χ1n) is 25.0.